The minimum atomic E-state index is -0.633. The van der Waals surface area contributed by atoms with E-state index < -0.39 is 11.9 Å². The Morgan fingerprint density at radius 1 is 0.943 bits per heavy atom. The summed E-state index contributed by atoms with van der Waals surface area (Å²) in [4.78, 5) is 24.1. The molecule has 0 aromatic heterocycles. The molecule has 0 spiro atoms. The van der Waals surface area contributed by atoms with Crippen LogP contribution >= 0.6 is 0 Å². The molecule has 9 nitrogen and oxygen atoms in total. The van der Waals surface area contributed by atoms with Crippen LogP contribution in [-0.2, 0) is 14.3 Å². The minimum absolute atomic E-state index is 0.120. The van der Waals surface area contributed by atoms with Gasteiger partial charge in [0.1, 0.15) is 24.7 Å². The lowest BCUT2D eigenvalue weighted by molar-refractivity contribution is -0.138. The molecule has 0 unspecified atom stereocenters. The van der Waals surface area contributed by atoms with Crippen LogP contribution < -0.4 is 20.9 Å². The maximum Gasteiger partial charge on any atom is 0.340 e. The second kappa shape index (κ2) is 11.8. The van der Waals surface area contributed by atoms with Crippen LogP contribution in [-0.4, -0.2) is 32.3 Å². The van der Waals surface area contributed by atoms with E-state index in [0.717, 1.165) is 11.1 Å². The fraction of sp³-hybridized carbons (Fsp3) is 0.115. The summed E-state index contributed by atoms with van der Waals surface area (Å²) in [6.07, 6.45) is 4.45. The second-order valence-electron chi connectivity index (χ2n) is 7.16. The third kappa shape index (κ3) is 6.76. The van der Waals surface area contributed by atoms with Crippen molar-refractivity contribution in [2.75, 3.05) is 31.8 Å². The van der Waals surface area contributed by atoms with Gasteiger partial charge in [0.15, 0.2) is 0 Å². The molecule has 0 aliphatic heterocycles. The molecular formula is C26H23N3O6. The summed E-state index contributed by atoms with van der Waals surface area (Å²) in [5.41, 5.74) is 14.6. The smallest absolute Gasteiger partial charge is 0.340 e. The zero-order chi connectivity index (χ0) is 25.2. The van der Waals surface area contributed by atoms with E-state index in [1.807, 2.05) is 24.3 Å². The Morgan fingerprint density at radius 2 is 1.66 bits per heavy atom. The fourth-order valence-electron chi connectivity index (χ4n) is 3.12. The SMILES string of the molecule is COc1cc(-c2ccc(OC#N)cc2)ccc1/C=C/C(=O)OCCOC(=O)c1ccc(N)cc1N. The molecule has 3 rings (SSSR count). The molecule has 0 aliphatic rings. The van der Waals surface area contributed by atoms with E-state index in [2.05, 4.69) is 0 Å². The van der Waals surface area contributed by atoms with Crippen molar-refractivity contribution in [1.29, 1.82) is 5.26 Å². The van der Waals surface area contributed by atoms with E-state index in [-0.39, 0.29) is 24.5 Å². The first kappa shape index (κ1) is 24.7. The monoisotopic (exact) mass is 473 g/mol. The fourth-order valence-corrected chi connectivity index (χ4v) is 3.12. The van der Waals surface area contributed by atoms with Gasteiger partial charge in [-0.3, -0.25) is 0 Å². The van der Waals surface area contributed by atoms with E-state index in [9.17, 15) is 9.59 Å². The number of anilines is 2. The largest absolute Gasteiger partial charge is 0.496 e. The highest BCUT2D eigenvalue weighted by molar-refractivity contribution is 5.95. The number of carbonyl (C=O) groups excluding carboxylic acids is 2. The summed E-state index contributed by atoms with van der Waals surface area (Å²) in [5, 5.41) is 8.58. The van der Waals surface area contributed by atoms with Crippen LogP contribution in [0.1, 0.15) is 15.9 Å². The molecule has 0 fully saturated rings. The Morgan fingerprint density at radius 3 is 2.34 bits per heavy atom. The van der Waals surface area contributed by atoms with E-state index in [1.54, 1.807) is 36.6 Å². The molecule has 0 atom stereocenters. The molecule has 0 saturated heterocycles. The minimum Gasteiger partial charge on any atom is -0.496 e. The van der Waals surface area contributed by atoms with Crippen molar-refractivity contribution in [2.45, 2.75) is 0 Å². The van der Waals surface area contributed by atoms with Gasteiger partial charge < -0.3 is 30.4 Å². The zero-order valence-electron chi connectivity index (χ0n) is 18.9. The number of nitrogen functional groups attached to an aromatic ring is 2. The van der Waals surface area contributed by atoms with Gasteiger partial charge in [0.05, 0.1) is 12.7 Å². The topological polar surface area (TPSA) is 147 Å². The van der Waals surface area contributed by atoms with Gasteiger partial charge in [-0.05, 0) is 53.6 Å². The molecule has 178 valence electrons. The Bertz CT molecular complexity index is 1280. The molecule has 0 amide bonds. The predicted molar refractivity (Wildman–Crippen MR) is 130 cm³/mol. The van der Waals surface area contributed by atoms with Gasteiger partial charge in [-0.25, -0.2) is 9.59 Å². The van der Waals surface area contributed by atoms with Gasteiger partial charge in [-0.1, -0.05) is 24.3 Å². The van der Waals surface area contributed by atoms with Gasteiger partial charge in [0.2, 0.25) is 0 Å². The average molecular weight is 473 g/mol. The summed E-state index contributed by atoms with van der Waals surface area (Å²) in [6, 6.07) is 17.0. The van der Waals surface area contributed by atoms with Crippen LogP contribution in [0.2, 0.25) is 0 Å². The molecular weight excluding hydrogens is 450 g/mol. The van der Waals surface area contributed by atoms with Crippen molar-refractivity contribution >= 4 is 29.4 Å². The van der Waals surface area contributed by atoms with Crippen molar-refractivity contribution in [3.05, 3.63) is 77.9 Å². The van der Waals surface area contributed by atoms with Crippen molar-refractivity contribution in [1.82, 2.24) is 0 Å². The van der Waals surface area contributed by atoms with Gasteiger partial charge in [0, 0.05) is 23.0 Å². The summed E-state index contributed by atoms with van der Waals surface area (Å²) < 4.78 is 20.4. The normalized spacial score (nSPS) is 10.4. The van der Waals surface area contributed by atoms with Crippen molar-refractivity contribution in [2.24, 2.45) is 0 Å². The quantitative estimate of drug-likeness (QED) is 0.156. The number of ether oxygens (including phenoxy) is 4. The summed E-state index contributed by atoms with van der Waals surface area (Å²) in [7, 11) is 1.53. The molecule has 35 heavy (non-hydrogen) atoms. The van der Waals surface area contributed by atoms with E-state index in [4.69, 9.17) is 35.7 Å². The predicted octanol–water partition coefficient (Wildman–Crippen LogP) is 3.80. The third-order valence-corrected chi connectivity index (χ3v) is 4.84. The highest BCUT2D eigenvalue weighted by atomic mass is 16.6. The van der Waals surface area contributed by atoms with Crippen LogP contribution in [0.3, 0.4) is 0 Å². The molecule has 3 aromatic carbocycles. The Balaban J connectivity index is 1.53. The first-order valence-electron chi connectivity index (χ1n) is 10.4. The van der Waals surface area contributed by atoms with Crippen molar-refractivity contribution in [3.63, 3.8) is 0 Å². The molecule has 0 heterocycles. The number of esters is 2. The van der Waals surface area contributed by atoms with E-state index >= 15 is 0 Å². The number of rotatable bonds is 9. The number of nitrogens with two attached hydrogens (primary N) is 2. The first-order chi connectivity index (χ1) is 16.9. The van der Waals surface area contributed by atoms with Gasteiger partial charge in [-0.2, -0.15) is 0 Å². The Kier molecular flexibility index (Phi) is 8.29. The van der Waals surface area contributed by atoms with Crippen LogP contribution in [0.15, 0.2) is 66.7 Å². The maximum absolute atomic E-state index is 12.0. The Labute approximate surface area is 202 Å². The molecule has 0 saturated carbocycles. The number of hydrogen-bond donors (Lipinski definition) is 2. The molecule has 0 radical (unpaired) electrons. The number of nitriles is 1. The first-order valence-corrected chi connectivity index (χ1v) is 10.4. The van der Waals surface area contributed by atoms with Gasteiger partial charge in [-0.15, -0.1) is 5.26 Å². The molecule has 0 bridgehead atoms. The van der Waals surface area contributed by atoms with Crippen molar-refractivity contribution < 1.29 is 28.5 Å². The molecule has 9 heteroatoms. The number of benzene rings is 3. The lowest BCUT2D eigenvalue weighted by atomic mass is 10.0. The molecule has 4 N–H and O–H groups in total. The number of nitrogens with zero attached hydrogens (tertiary/aromatic N) is 1. The lowest BCUT2D eigenvalue weighted by Gasteiger charge is -2.09. The maximum atomic E-state index is 12.0. The summed E-state index contributed by atoms with van der Waals surface area (Å²) in [5.74, 6) is -0.234. The van der Waals surface area contributed by atoms with Gasteiger partial charge >= 0.3 is 11.9 Å². The van der Waals surface area contributed by atoms with Crippen molar-refractivity contribution in [3.8, 4) is 28.9 Å². The highest BCUT2D eigenvalue weighted by Crippen LogP contribution is 2.29. The summed E-state index contributed by atoms with van der Waals surface area (Å²) >= 11 is 0. The number of hydrogen-bond acceptors (Lipinski definition) is 9. The standard InChI is InChI=1S/C26H23N3O6/c1-32-24-14-19(17-4-8-21(9-5-17)35-16-27)3-2-18(24)6-11-25(30)33-12-13-34-26(31)22-10-7-20(28)15-23(22)29/h2-11,14-15H,12-13,28-29H2,1H3/b11-6+. The third-order valence-electron chi connectivity index (χ3n) is 4.84. The molecule has 0 aliphatic carbocycles. The highest BCUT2D eigenvalue weighted by Gasteiger charge is 2.11. The Hall–Kier alpha value is -4.97. The summed E-state index contributed by atoms with van der Waals surface area (Å²) in [6.45, 7) is -0.246. The number of carbonyl (C=O) groups is 2. The van der Waals surface area contributed by atoms with Crippen LogP contribution in [0.4, 0.5) is 11.4 Å². The van der Waals surface area contributed by atoms with Crippen LogP contribution in [0.25, 0.3) is 17.2 Å². The van der Waals surface area contributed by atoms with Crippen LogP contribution in [0, 0.1) is 11.5 Å². The van der Waals surface area contributed by atoms with E-state index in [1.165, 1.54) is 25.3 Å². The lowest BCUT2D eigenvalue weighted by Crippen LogP contribution is -2.14. The van der Waals surface area contributed by atoms with Crippen LogP contribution in [0.5, 0.6) is 11.5 Å². The van der Waals surface area contributed by atoms with Gasteiger partial charge in [0.25, 0.3) is 6.26 Å². The number of methoxy groups -OCH3 is 1. The average Bonchev–Trinajstić information content (AvgIpc) is 2.86. The van der Waals surface area contributed by atoms with E-state index in [0.29, 0.717) is 22.7 Å². The molecule has 3 aromatic rings. The second-order valence-corrected chi connectivity index (χ2v) is 7.16. The zero-order valence-corrected chi connectivity index (χ0v) is 18.9.